The summed E-state index contributed by atoms with van der Waals surface area (Å²) < 4.78 is 155. The molecule has 0 spiro atoms. The van der Waals surface area contributed by atoms with Crippen LogP contribution in [0.5, 0.6) is 0 Å². The topological polar surface area (TPSA) is 0 Å². The van der Waals surface area contributed by atoms with Crippen molar-refractivity contribution in [1.82, 2.24) is 0 Å². The second kappa shape index (κ2) is 16.0. The molecule has 0 aliphatic carbocycles. The van der Waals surface area contributed by atoms with Gasteiger partial charge in [-0.05, 0) is 65.6 Å². The number of hydrogen-bond donors (Lipinski definition) is 0. The average Bonchev–Trinajstić information content (AvgIpc) is 2.98. The molecule has 0 amide bonds. The molecule has 0 atom stereocenters. The first kappa shape index (κ1) is 42.3. The Morgan fingerprint density at radius 1 is 0.375 bits per heavy atom. The predicted molar refractivity (Wildman–Crippen MR) is 176 cm³/mol. The highest BCUT2D eigenvalue weighted by Crippen LogP contribution is 2.61. The highest BCUT2D eigenvalue weighted by atomic mass is 127. The lowest BCUT2D eigenvalue weighted by atomic mass is 9.98. The summed E-state index contributed by atoms with van der Waals surface area (Å²) in [6, 6.07) is 33.6. The molecule has 0 aromatic heterocycles. The predicted octanol–water partition coefficient (Wildman–Crippen LogP) is 14.4. The SMILES string of the molecule is Brc1ccc(-c2ccc(Br)cc2)cc1.Cc1ccc(-c2ccc(Br)cc2)cc1.FC(F)(F)C(F)(F)C(F)(F)C(F)(F)C(F)(F)C(F)(F)I. The lowest BCUT2D eigenvalue weighted by molar-refractivity contribution is -0.431. The van der Waals surface area contributed by atoms with E-state index in [1.165, 1.54) is 27.8 Å². The standard InChI is InChI=1S/C13H11Br.C12H8Br2.C6F13I/c1-10-2-4-11(5-3-10)12-6-8-13(14)9-7-12;13-11-5-1-9(2-6-11)10-3-7-12(14)8-4-10;7-1(8,3(11,12)5(15,16)17)2(9,10)4(13,14)6(18,19)20/h2-9H,1H3;1-8H;. The summed E-state index contributed by atoms with van der Waals surface area (Å²) in [5.41, 5.74) is 6.29. The van der Waals surface area contributed by atoms with Gasteiger partial charge in [0.05, 0.1) is 0 Å². The molecular formula is C31H19Br3F13I. The van der Waals surface area contributed by atoms with Crippen LogP contribution in [0.1, 0.15) is 5.56 Å². The van der Waals surface area contributed by atoms with Crippen LogP contribution >= 0.6 is 70.4 Å². The summed E-state index contributed by atoms with van der Waals surface area (Å²) in [4.78, 5) is 0. The van der Waals surface area contributed by atoms with Crippen LogP contribution in [0.15, 0.2) is 110 Å². The highest BCUT2D eigenvalue weighted by Gasteiger charge is 2.90. The fourth-order valence-corrected chi connectivity index (χ4v) is 4.56. The van der Waals surface area contributed by atoms with Gasteiger partial charge in [-0.1, -0.05) is 114 Å². The summed E-state index contributed by atoms with van der Waals surface area (Å²) in [5, 5.41) is 0. The first-order chi connectivity index (χ1) is 21.8. The fourth-order valence-electron chi connectivity index (χ4n) is 3.42. The third-order valence-electron chi connectivity index (χ3n) is 6.15. The molecule has 0 unspecified atom stereocenters. The summed E-state index contributed by atoms with van der Waals surface area (Å²) in [6.45, 7) is 2.10. The van der Waals surface area contributed by atoms with Crippen molar-refractivity contribution in [3.05, 3.63) is 116 Å². The quantitative estimate of drug-likeness (QED) is 0.103. The molecule has 0 bridgehead atoms. The van der Waals surface area contributed by atoms with Crippen LogP contribution < -0.4 is 0 Å². The monoisotopic (exact) mass is 1000 g/mol. The van der Waals surface area contributed by atoms with E-state index in [4.69, 9.17) is 0 Å². The molecule has 0 radical (unpaired) electrons. The molecule has 0 saturated carbocycles. The Kier molecular flexibility index (Phi) is 14.1. The Labute approximate surface area is 304 Å². The number of alkyl halides is 14. The maximum absolute atomic E-state index is 12.5. The molecule has 0 N–H and O–H groups in total. The molecule has 4 aromatic rings. The van der Waals surface area contributed by atoms with Crippen molar-refractivity contribution in [1.29, 1.82) is 0 Å². The summed E-state index contributed by atoms with van der Waals surface area (Å²) in [5.74, 6) is -30.3. The molecule has 0 saturated heterocycles. The second-order valence-corrected chi connectivity index (χ2v) is 13.8. The van der Waals surface area contributed by atoms with Crippen molar-refractivity contribution < 1.29 is 57.1 Å². The molecule has 0 aliphatic rings. The zero-order valence-electron chi connectivity index (χ0n) is 23.7. The average molecular weight is 1010 g/mol. The van der Waals surface area contributed by atoms with Crippen molar-refractivity contribution in [3.8, 4) is 22.3 Å². The first-order valence-electron chi connectivity index (χ1n) is 12.7. The van der Waals surface area contributed by atoms with Crippen LogP contribution in [0, 0.1) is 6.92 Å². The van der Waals surface area contributed by atoms with E-state index >= 15 is 0 Å². The molecule has 0 heterocycles. The van der Waals surface area contributed by atoms with E-state index in [9.17, 15) is 57.1 Å². The highest BCUT2D eigenvalue weighted by molar-refractivity contribution is 14.1. The van der Waals surface area contributed by atoms with Gasteiger partial charge in [-0.3, -0.25) is 0 Å². The van der Waals surface area contributed by atoms with E-state index in [1.807, 2.05) is 0 Å². The molecule has 0 aliphatic heterocycles. The molecule has 4 rings (SSSR count). The molecule has 17 heteroatoms. The van der Waals surface area contributed by atoms with Gasteiger partial charge in [-0.2, -0.15) is 57.1 Å². The minimum absolute atomic E-state index is 0.789. The van der Waals surface area contributed by atoms with Gasteiger partial charge in [0, 0.05) is 36.0 Å². The van der Waals surface area contributed by atoms with Crippen molar-refractivity contribution in [3.63, 3.8) is 0 Å². The van der Waals surface area contributed by atoms with Gasteiger partial charge >= 0.3 is 33.8 Å². The zero-order valence-corrected chi connectivity index (χ0v) is 30.6. The van der Waals surface area contributed by atoms with Crippen molar-refractivity contribution >= 4 is 70.4 Å². The largest absolute Gasteiger partial charge is 0.460 e. The van der Waals surface area contributed by atoms with Crippen LogP contribution in [0.3, 0.4) is 0 Å². The fraction of sp³-hybridized carbons (Fsp3) is 0.226. The Bertz CT molecular complexity index is 1390. The number of aryl methyl sites for hydroxylation is 1. The van der Waals surface area contributed by atoms with Crippen molar-refractivity contribution in [2.24, 2.45) is 0 Å². The van der Waals surface area contributed by atoms with Gasteiger partial charge in [0.1, 0.15) is 0 Å². The Morgan fingerprint density at radius 2 is 0.604 bits per heavy atom. The normalized spacial score (nSPS) is 12.8. The van der Waals surface area contributed by atoms with Gasteiger partial charge in [-0.15, -0.1) is 0 Å². The van der Waals surface area contributed by atoms with E-state index in [2.05, 4.69) is 152 Å². The van der Waals surface area contributed by atoms with E-state index < -0.39 is 56.4 Å². The third kappa shape index (κ3) is 9.89. The molecule has 0 fully saturated rings. The lowest BCUT2D eigenvalue weighted by Crippen LogP contribution is -2.69. The Hall–Kier alpha value is -1.86. The third-order valence-corrected chi connectivity index (χ3v) is 8.41. The van der Waals surface area contributed by atoms with Crippen molar-refractivity contribution in [2.45, 2.75) is 40.7 Å². The molecular weight excluding hydrogens is 986 g/mol. The van der Waals surface area contributed by atoms with Gasteiger partial charge in [0.15, 0.2) is 0 Å². The Balaban J connectivity index is 0.000000255. The van der Waals surface area contributed by atoms with Gasteiger partial charge < -0.3 is 0 Å². The summed E-state index contributed by atoms with van der Waals surface area (Å²) in [6.07, 6.45) is -7.36. The van der Waals surface area contributed by atoms with E-state index in [0.717, 1.165) is 13.4 Å². The van der Waals surface area contributed by atoms with E-state index in [1.54, 1.807) is 0 Å². The number of hydrogen-bond acceptors (Lipinski definition) is 0. The number of halogens is 17. The van der Waals surface area contributed by atoms with Crippen LogP contribution in [0.2, 0.25) is 0 Å². The van der Waals surface area contributed by atoms with Crippen LogP contribution in [0.25, 0.3) is 22.3 Å². The smallest absolute Gasteiger partial charge is 0.192 e. The van der Waals surface area contributed by atoms with Gasteiger partial charge in [0.2, 0.25) is 0 Å². The minimum atomic E-state index is -7.81. The first-order valence-corrected chi connectivity index (χ1v) is 16.2. The van der Waals surface area contributed by atoms with E-state index in [0.29, 0.717) is 0 Å². The maximum Gasteiger partial charge on any atom is 0.460 e. The Morgan fingerprint density at radius 3 is 0.833 bits per heavy atom. The summed E-state index contributed by atoms with van der Waals surface area (Å²) in [7, 11) is 0. The van der Waals surface area contributed by atoms with Crippen LogP contribution in [0.4, 0.5) is 57.1 Å². The molecule has 48 heavy (non-hydrogen) atoms. The number of benzene rings is 4. The summed E-state index contributed by atoms with van der Waals surface area (Å²) >= 11 is 9.48. The van der Waals surface area contributed by atoms with Crippen LogP contribution in [-0.2, 0) is 0 Å². The lowest BCUT2D eigenvalue weighted by Gasteiger charge is -2.38. The second-order valence-electron chi connectivity index (χ2n) is 9.68. The zero-order chi connectivity index (χ0) is 36.9. The maximum atomic E-state index is 12.5. The van der Waals surface area contributed by atoms with E-state index in [-0.39, 0.29) is 0 Å². The molecule has 4 aromatic carbocycles. The van der Waals surface area contributed by atoms with Crippen LogP contribution in [-0.4, -0.2) is 33.8 Å². The van der Waals surface area contributed by atoms with Gasteiger partial charge in [-0.25, -0.2) is 0 Å². The number of rotatable bonds is 6. The van der Waals surface area contributed by atoms with Crippen molar-refractivity contribution in [2.75, 3.05) is 0 Å². The molecule has 0 nitrogen and oxygen atoms in total. The minimum Gasteiger partial charge on any atom is -0.192 e. The van der Waals surface area contributed by atoms with Gasteiger partial charge in [0.25, 0.3) is 0 Å². The molecule has 262 valence electrons.